The summed E-state index contributed by atoms with van der Waals surface area (Å²) in [4.78, 5) is 13.1. The van der Waals surface area contributed by atoms with Gasteiger partial charge in [-0.05, 0) is 49.7 Å². The maximum absolute atomic E-state index is 13.1. The highest BCUT2D eigenvalue weighted by Gasteiger charge is 2.24. The number of para-hydroxylation sites is 2. The SMILES string of the molecule is CCOc1ccccc1NC(=O)[C@H](Oc1ccc(Cl)c(C)c1)c1ccccc1. The Bertz CT molecular complexity index is 944. The monoisotopic (exact) mass is 395 g/mol. The highest BCUT2D eigenvalue weighted by molar-refractivity contribution is 6.31. The molecule has 0 radical (unpaired) electrons. The van der Waals surface area contributed by atoms with Crippen molar-refractivity contribution in [2.24, 2.45) is 0 Å². The van der Waals surface area contributed by atoms with E-state index in [4.69, 9.17) is 21.1 Å². The van der Waals surface area contributed by atoms with Crippen LogP contribution in [-0.2, 0) is 4.79 Å². The van der Waals surface area contributed by atoms with Gasteiger partial charge in [-0.2, -0.15) is 0 Å². The minimum Gasteiger partial charge on any atom is -0.492 e. The van der Waals surface area contributed by atoms with Crippen LogP contribution in [0.4, 0.5) is 5.69 Å². The molecule has 3 aromatic carbocycles. The van der Waals surface area contributed by atoms with Crippen LogP contribution >= 0.6 is 11.6 Å². The Morgan fingerprint density at radius 2 is 1.75 bits per heavy atom. The summed E-state index contributed by atoms with van der Waals surface area (Å²) >= 11 is 6.10. The van der Waals surface area contributed by atoms with Gasteiger partial charge in [0.15, 0.2) is 0 Å². The van der Waals surface area contributed by atoms with Gasteiger partial charge < -0.3 is 14.8 Å². The first-order chi connectivity index (χ1) is 13.6. The van der Waals surface area contributed by atoms with Crippen LogP contribution in [0, 0.1) is 6.92 Å². The molecule has 0 saturated heterocycles. The van der Waals surface area contributed by atoms with Crippen molar-refractivity contribution in [2.75, 3.05) is 11.9 Å². The summed E-state index contributed by atoms with van der Waals surface area (Å²) in [5, 5.41) is 3.58. The lowest BCUT2D eigenvalue weighted by Gasteiger charge is -2.20. The van der Waals surface area contributed by atoms with E-state index in [1.807, 2.05) is 68.4 Å². The number of hydrogen-bond acceptors (Lipinski definition) is 3. The lowest BCUT2D eigenvalue weighted by atomic mass is 10.1. The van der Waals surface area contributed by atoms with E-state index in [1.54, 1.807) is 18.2 Å². The predicted octanol–water partition coefficient (Wildman–Crippen LogP) is 5.81. The minimum atomic E-state index is -0.823. The number of ether oxygens (including phenoxy) is 2. The number of halogens is 1. The second-order valence-corrected chi connectivity index (χ2v) is 6.65. The molecule has 0 aliphatic heterocycles. The van der Waals surface area contributed by atoms with Gasteiger partial charge in [0.2, 0.25) is 6.10 Å². The fourth-order valence-corrected chi connectivity index (χ4v) is 2.89. The van der Waals surface area contributed by atoms with Crippen LogP contribution < -0.4 is 14.8 Å². The van der Waals surface area contributed by atoms with Crippen LogP contribution in [0.15, 0.2) is 72.8 Å². The highest BCUT2D eigenvalue weighted by atomic mass is 35.5. The van der Waals surface area contributed by atoms with Crippen LogP contribution in [0.5, 0.6) is 11.5 Å². The summed E-state index contributed by atoms with van der Waals surface area (Å²) in [6, 6.07) is 22.0. The summed E-state index contributed by atoms with van der Waals surface area (Å²) in [6.07, 6.45) is -0.823. The van der Waals surface area contributed by atoms with Gasteiger partial charge in [0, 0.05) is 10.6 Å². The van der Waals surface area contributed by atoms with E-state index >= 15 is 0 Å². The molecule has 28 heavy (non-hydrogen) atoms. The number of amides is 1. The molecule has 3 rings (SSSR count). The summed E-state index contributed by atoms with van der Waals surface area (Å²) in [5.74, 6) is 0.905. The van der Waals surface area contributed by atoms with E-state index in [0.717, 1.165) is 11.1 Å². The average molecular weight is 396 g/mol. The Hall–Kier alpha value is -2.98. The molecule has 0 fully saturated rings. The molecule has 5 heteroatoms. The largest absolute Gasteiger partial charge is 0.492 e. The molecule has 0 bridgehead atoms. The molecular formula is C23H22ClNO3. The van der Waals surface area contributed by atoms with Crippen LogP contribution in [-0.4, -0.2) is 12.5 Å². The first kappa shape index (κ1) is 19.8. The third-order valence-electron chi connectivity index (χ3n) is 4.17. The highest BCUT2D eigenvalue weighted by Crippen LogP contribution is 2.29. The van der Waals surface area contributed by atoms with Gasteiger partial charge in [0.1, 0.15) is 11.5 Å². The smallest absolute Gasteiger partial charge is 0.270 e. The average Bonchev–Trinajstić information content (AvgIpc) is 2.71. The zero-order chi connectivity index (χ0) is 19.9. The molecule has 0 aromatic heterocycles. The molecule has 0 aliphatic rings. The Balaban J connectivity index is 1.88. The van der Waals surface area contributed by atoms with E-state index in [2.05, 4.69) is 5.32 Å². The molecule has 1 amide bonds. The number of carbonyl (C=O) groups excluding carboxylic acids is 1. The van der Waals surface area contributed by atoms with Crippen molar-refractivity contribution in [2.45, 2.75) is 20.0 Å². The van der Waals surface area contributed by atoms with Gasteiger partial charge in [-0.3, -0.25) is 4.79 Å². The molecular weight excluding hydrogens is 374 g/mol. The van der Waals surface area contributed by atoms with E-state index in [-0.39, 0.29) is 5.91 Å². The van der Waals surface area contributed by atoms with Gasteiger partial charge in [-0.25, -0.2) is 0 Å². The number of anilines is 1. The molecule has 1 atom stereocenters. The normalized spacial score (nSPS) is 11.5. The zero-order valence-electron chi connectivity index (χ0n) is 15.8. The van der Waals surface area contributed by atoms with Crippen molar-refractivity contribution in [1.29, 1.82) is 0 Å². The Morgan fingerprint density at radius 3 is 2.46 bits per heavy atom. The second kappa shape index (κ2) is 9.29. The Labute approximate surface area is 170 Å². The van der Waals surface area contributed by atoms with Crippen molar-refractivity contribution in [1.82, 2.24) is 0 Å². The molecule has 0 unspecified atom stereocenters. The van der Waals surface area contributed by atoms with Crippen molar-refractivity contribution < 1.29 is 14.3 Å². The predicted molar refractivity (Wildman–Crippen MR) is 112 cm³/mol. The maximum Gasteiger partial charge on any atom is 0.270 e. The molecule has 0 spiro atoms. The third kappa shape index (κ3) is 4.84. The van der Waals surface area contributed by atoms with E-state index in [9.17, 15) is 4.79 Å². The van der Waals surface area contributed by atoms with Gasteiger partial charge in [0.05, 0.1) is 12.3 Å². The fraction of sp³-hybridized carbons (Fsp3) is 0.174. The third-order valence-corrected chi connectivity index (χ3v) is 4.59. The molecule has 3 aromatic rings. The molecule has 0 aliphatic carbocycles. The summed E-state index contributed by atoms with van der Waals surface area (Å²) in [7, 11) is 0. The fourth-order valence-electron chi connectivity index (χ4n) is 2.78. The quantitative estimate of drug-likeness (QED) is 0.549. The van der Waals surface area contributed by atoms with E-state index in [0.29, 0.717) is 28.8 Å². The zero-order valence-corrected chi connectivity index (χ0v) is 16.6. The van der Waals surface area contributed by atoms with Crippen LogP contribution in [0.1, 0.15) is 24.2 Å². The Morgan fingerprint density at radius 1 is 1.04 bits per heavy atom. The summed E-state index contributed by atoms with van der Waals surface area (Å²) in [6.45, 7) is 4.30. The van der Waals surface area contributed by atoms with Crippen LogP contribution in [0.3, 0.4) is 0 Å². The van der Waals surface area contributed by atoms with Gasteiger partial charge in [-0.1, -0.05) is 54.1 Å². The second-order valence-electron chi connectivity index (χ2n) is 6.24. The lowest BCUT2D eigenvalue weighted by Crippen LogP contribution is -2.26. The van der Waals surface area contributed by atoms with Crippen LogP contribution in [0.25, 0.3) is 0 Å². The maximum atomic E-state index is 13.1. The number of nitrogens with one attached hydrogen (secondary N) is 1. The lowest BCUT2D eigenvalue weighted by molar-refractivity contribution is -0.123. The summed E-state index contributed by atoms with van der Waals surface area (Å²) in [5.41, 5.74) is 2.24. The number of carbonyl (C=O) groups is 1. The number of rotatable bonds is 7. The van der Waals surface area contributed by atoms with Crippen molar-refractivity contribution in [3.05, 3.63) is 88.9 Å². The molecule has 4 nitrogen and oxygen atoms in total. The van der Waals surface area contributed by atoms with Crippen molar-refractivity contribution in [3.8, 4) is 11.5 Å². The van der Waals surface area contributed by atoms with Gasteiger partial charge >= 0.3 is 0 Å². The molecule has 1 N–H and O–H groups in total. The Kier molecular flexibility index (Phi) is 6.56. The molecule has 0 heterocycles. The first-order valence-electron chi connectivity index (χ1n) is 9.09. The van der Waals surface area contributed by atoms with Crippen molar-refractivity contribution in [3.63, 3.8) is 0 Å². The van der Waals surface area contributed by atoms with E-state index in [1.165, 1.54) is 0 Å². The van der Waals surface area contributed by atoms with Gasteiger partial charge in [0.25, 0.3) is 5.91 Å². The number of benzene rings is 3. The van der Waals surface area contributed by atoms with Crippen LogP contribution in [0.2, 0.25) is 5.02 Å². The molecule has 144 valence electrons. The standard InChI is InChI=1S/C23H22ClNO3/c1-3-27-21-12-8-7-11-20(21)25-23(26)22(17-9-5-4-6-10-17)28-18-13-14-19(24)16(2)15-18/h4-15,22H,3H2,1-2H3,(H,25,26)/t22-/m1/s1. The number of aryl methyl sites for hydroxylation is 1. The van der Waals surface area contributed by atoms with E-state index < -0.39 is 6.10 Å². The summed E-state index contributed by atoms with van der Waals surface area (Å²) < 4.78 is 11.7. The molecule has 0 saturated carbocycles. The van der Waals surface area contributed by atoms with Gasteiger partial charge in [-0.15, -0.1) is 0 Å². The number of hydrogen-bond donors (Lipinski definition) is 1. The minimum absolute atomic E-state index is 0.286. The van der Waals surface area contributed by atoms with Crippen molar-refractivity contribution >= 4 is 23.2 Å². The first-order valence-corrected chi connectivity index (χ1v) is 9.46. The topological polar surface area (TPSA) is 47.6 Å².